The van der Waals surface area contributed by atoms with Crippen LogP contribution in [0.4, 0.5) is 0 Å². The van der Waals surface area contributed by atoms with Gasteiger partial charge in [-0.05, 0) is 39.1 Å². The zero-order chi connectivity index (χ0) is 12.2. The molecule has 0 spiro atoms. The zero-order valence-electron chi connectivity index (χ0n) is 11.0. The molecule has 16 heavy (non-hydrogen) atoms. The van der Waals surface area contributed by atoms with E-state index in [4.69, 9.17) is 5.11 Å². The van der Waals surface area contributed by atoms with Crippen molar-refractivity contribution < 1.29 is 5.11 Å². The van der Waals surface area contributed by atoms with Crippen molar-refractivity contribution in [3.05, 3.63) is 0 Å². The van der Waals surface area contributed by atoms with Gasteiger partial charge in [-0.3, -0.25) is 0 Å². The molecule has 1 unspecified atom stereocenters. The maximum atomic E-state index is 8.98. The van der Waals surface area contributed by atoms with E-state index in [0.29, 0.717) is 6.04 Å². The van der Waals surface area contributed by atoms with Crippen LogP contribution >= 0.6 is 12.6 Å². The molecule has 0 saturated heterocycles. The van der Waals surface area contributed by atoms with Gasteiger partial charge in [-0.25, -0.2) is 0 Å². The summed E-state index contributed by atoms with van der Waals surface area (Å²) in [6.45, 7) is 3.44. The van der Waals surface area contributed by atoms with E-state index in [0.717, 1.165) is 12.3 Å². The summed E-state index contributed by atoms with van der Waals surface area (Å²) in [5.41, 5.74) is 0. The molecule has 0 bridgehead atoms. The van der Waals surface area contributed by atoms with Crippen molar-refractivity contribution in [3.8, 4) is 0 Å². The monoisotopic (exact) mass is 247 g/mol. The van der Waals surface area contributed by atoms with Gasteiger partial charge in [0.15, 0.2) is 0 Å². The van der Waals surface area contributed by atoms with Crippen LogP contribution in [0, 0.1) is 0 Å². The van der Waals surface area contributed by atoms with Crippen LogP contribution in [-0.2, 0) is 0 Å². The molecule has 0 rings (SSSR count). The van der Waals surface area contributed by atoms with E-state index in [1.807, 2.05) is 0 Å². The van der Waals surface area contributed by atoms with E-state index >= 15 is 0 Å². The number of thiol groups is 1. The maximum absolute atomic E-state index is 8.98. The normalized spacial score (nSPS) is 13.3. The molecular formula is C13H29NOS. The number of hydrogen-bond acceptors (Lipinski definition) is 3. The highest BCUT2D eigenvalue weighted by atomic mass is 32.1. The average molecular weight is 247 g/mol. The van der Waals surface area contributed by atoms with Crippen LogP contribution in [0.25, 0.3) is 0 Å². The molecule has 1 N–H and O–H groups in total. The van der Waals surface area contributed by atoms with Crippen LogP contribution in [-0.4, -0.2) is 42.0 Å². The van der Waals surface area contributed by atoms with Crippen molar-refractivity contribution in [2.45, 2.75) is 57.9 Å². The fourth-order valence-electron chi connectivity index (χ4n) is 1.72. The minimum atomic E-state index is 0.264. The summed E-state index contributed by atoms with van der Waals surface area (Å²) in [5, 5.41) is 8.98. The van der Waals surface area contributed by atoms with Gasteiger partial charge in [-0.1, -0.05) is 32.1 Å². The highest BCUT2D eigenvalue weighted by Gasteiger charge is 2.05. The SMILES string of the molecule is CC(CO)N(C)CCCCCCCCCS. The second-order valence-electron chi connectivity index (χ2n) is 4.71. The van der Waals surface area contributed by atoms with E-state index in [-0.39, 0.29) is 6.61 Å². The summed E-state index contributed by atoms with van der Waals surface area (Å²) in [6, 6.07) is 0.301. The lowest BCUT2D eigenvalue weighted by molar-refractivity contribution is 0.157. The number of aliphatic hydroxyl groups excluding tert-OH is 1. The molecule has 0 aromatic carbocycles. The molecular weight excluding hydrogens is 218 g/mol. The summed E-state index contributed by atoms with van der Waals surface area (Å²) >= 11 is 4.20. The molecule has 0 fully saturated rings. The smallest absolute Gasteiger partial charge is 0.0584 e. The number of nitrogens with zero attached hydrogens (tertiary/aromatic N) is 1. The average Bonchev–Trinajstić information content (AvgIpc) is 2.31. The van der Waals surface area contributed by atoms with Crippen LogP contribution in [0.5, 0.6) is 0 Å². The second kappa shape index (κ2) is 11.7. The number of unbranched alkanes of at least 4 members (excludes halogenated alkanes) is 6. The molecule has 0 aliphatic heterocycles. The highest BCUT2D eigenvalue weighted by Crippen LogP contribution is 2.08. The molecule has 0 aliphatic rings. The van der Waals surface area contributed by atoms with Crippen LogP contribution < -0.4 is 0 Å². The predicted octanol–water partition coefficient (Wildman–Crippen LogP) is 2.96. The Balaban J connectivity index is 3.14. The van der Waals surface area contributed by atoms with Gasteiger partial charge in [-0.2, -0.15) is 12.6 Å². The predicted molar refractivity (Wildman–Crippen MR) is 75.3 cm³/mol. The van der Waals surface area contributed by atoms with Gasteiger partial charge in [-0.15, -0.1) is 0 Å². The zero-order valence-corrected chi connectivity index (χ0v) is 11.9. The van der Waals surface area contributed by atoms with Crippen molar-refractivity contribution in [1.29, 1.82) is 0 Å². The maximum Gasteiger partial charge on any atom is 0.0584 e. The molecule has 0 aromatic heterocycles. The first-order valence-corrected chi connectivity index (χ1v) is 7.27. The van der Waals surface area contributed by atoms with Gasteiger partial charge in [0.2, 0.25) is 0 Å². The Kier molecular flexibility index (Phi) is 11.9. The Labute approximate surface area is 107 Å². The topological polar surface area (TPSA) is 23.5 Å². The van der Waals surface area contributed by atoms with Crippen molar-refractivity contribution in [2.24, 2.45) is 0 Å². The van der Waals surface area contributed by atoms with E-state index in [9.17, 15) is 0 Å². The third-order valence-electron chi connectivity index (χ3n) is 3.19. The third-order valence-corrected chi connectivity index (χ3v) is 3.50. The third kappa shape index (κ3) is 9.49. The number of hydrogen-bond donors (Lipinski definition) is 2. The van der Waals surface area contributed by atoms with Crippen LogP contribution in [0.15, 0.2) is 0 Å². The summed E-state index contributed by atoms with van der Waals surface area (Å²) < 4.78 is 0. The number of rotatable bonds is 11. The molecule has 0 aliphatic carbocycles. The van der Waals surface area contributed by atoms with Gasteiger partial charge in [0.1, 0.15) is 0 Å². The quantitative estimate of drug-likeness (QED) is 0.433. The summed E-state index contributed by atoms with van der Waals surface area (Å²) in [6.07, 6.45) is 9.27. The van der Waals surface area contributed by atoms with Crippen LogP contribution in [0.3, 0.4) is 0 Å². The lowest BCUT2D eigenvalue weighted by Gasteiger charge is -2.22. The van der Waals surface area contributed by atoms with Crippen molar-refractivity contribution in [1.82, 2.24) is 4.90 Å². The minimum absolute atomic E-state index is 0.264. The standard InChI is InChI=1S/C13H29NOS/c1-13(12-15)14(2)10-8-6-4-3-5-7-9-11-16/h13,15-16H,3-12H2,1-2H3. The van der Waals surface area contributed by atoms with Gasteiger partial charge in [0.05, 0.1) is 6.61 Å². The number of aliphatic hydroxyl groups is 1. The van der Waals surface area contributed by atoms with Crippen LogP contribution in [0.1, 0.15) is 51.9 Å². The fraction of sp³-hybridized carbons (Fsp3) is 1.00. The molecule has 98 valence electrons. The Hall–Kier alpha value is 0.270. The minimum Gasteiger partial charge on any atom is -0.395 e. The lowest BCUT2D eigenvalue weighted by atomic mass is 10.1. The first kappa shape index (κ1) is 16.3. The van der Waals surface area contributed by atoms with E-state index < -0.39 is 0 Å². The molecule has 2 nitrogen and oxygen atoms in total. The molecule has 0 heterocycles. The largest absolute Gasteiger partial charge is 0.395 e. The van der Waals surface area contributed by atoms with Crippen LogP contribution in [0.2, 0.25) is 0 Å². The second-order valence-corrected chi connectivity index (χ2v) is 5.16. The highest BCUT2D eigenvalue weighted by molar-refractivity contribution is 7.80. The van der Waals surface area contributed by atoms with Crippen molar-refractivity contribution in [2.75, 3.05) is 26.0 Å². The number of likely N-dealkylation sites (N-methyl/N-ethyl adjacent to an activating group) is 1. The van der Waals surface area contributed by atoms with E-state index in [2.05, 4.69) is 31.5 Å². The molecule has 0 saturated carbocycles. The Morgan fingerprint density at radius 2 is 1.50 bits per heavy atom. The van der Waals surface area contributed by atoms with Crippen molar-refractivity contribution in [3.63, 3.8) is 0 Å². The van der Waals surface area contributed by atoms with Crippen molar-refractivity contribution >= 4 is 12.6 Å². The van der Waals surface area contributed by atoms with E-state index in [1.165, 1.54) is 44.9 Å². The molecule has 0 radical (unpaired) electrons. The molecule has 0 amide bonds. The molecule has 3 heteroatoms. The van der Waals surface area contributed by atoms with Gasteiger partial charge >= 0.3 is 0 Å². The summed E-state index contributed by atoms with van der Waals surface area (Å²) in [5.74, 6) is 1.03. The molecule has 1 atom stereocenters. The Morgan fingerprint density at radius 3 is 2.00 bits per heavy atom. The first-order chi connectivity index (χ1) is 7.72. The summed E-state index contributed by atoms with van der Waals surface area (Å²) in [4.78, 5) is 2.24. The van der Waals surface area contributed by atoms with Gasteiger partial charge in [0, 0.05) is 6.04 Å². The van der Waals surface area contributed by atoms with E-state index in [1.54, 1.807) is 0 Å². The fourth-order valence-corrected chi connectivity index (χ4v) is 1.94. The summed E-state index contributed by atoms with van der Waals surface area (Å²) in [7, 11) is 2.09. The Morgan fingerprint density at radius 1 is 1.00 bits per heavy atom. The lowest BCUT2D eigenvalue weighted by Crippen LogP contribution is -2.32. The first-order valence-electron chi connectivity index (χ1n) is 6.64. The van der Waals surface area contributed by atoms with Gasteiger partial charge in [0.25, 0.3) is 0 Å². The molecule has 0 aromatic rings. The van der Waals surface area contributed by atoms with Gasteiger partial charge < -0.3 is 10.0 Å². The Bertz CT molecular complexity index is 144.